The van der Waals surface area contributed by atoms with E-state index < -0.39 is 0 Å². The standard InChI is InChI=1S/C11H20N2O2/c1-9-11(14)13(6-2-5-12-9)10-3-7-15-8-4-10/h9-10,12H,2-8H2,1H3. The molecule has 1 atom stereocenters. The summed E-state index contributed by atoms with van der Waals surface area (Å²) in [6.07, 6.45) is 3.06. The lowest BCUT2D eigenvalue weighted by atomic mass is 10.1. The zero-order valence-corrected chi connectivity index (χ0v) is 9.37. The van der Waals surface area contributed by atoms with Crippen molar-refractivity contribution >= 4 is 5.91 Å². The third kappa shape index (κ3) is 2.49. The van der Waals surface area contributed by atoms with Gasteiger partial charge in [-0.05, 0) is 32.7 Å². The molecule has 2 aliphatic heterocycles. The molecule has 0 aromatic heterocycles. The van der Waals surface area contributed by atoms with Crippen molar-refractivity contribution in [1.82, 2.24) is 10.2 Å². The molecule has 2 saturated heterocycles. The molecule has 0 aromatic carbocycles. The second kappa shape index (κ2) is 4.94. The lowest BCUT2D eigenvalue weighted by Crippen LogP contribution is -2.48. The molecule has 4 heteroatoms. The van der Waals surface area contributed by atoms with Gasteiger partial charge in [-0.25, -0.2) is 0 Å². The number of rotatable bonds is 1. The van der Waals surface area contributed by atoms with E-state index >= 15 is 0 Å². The maximum atomic E-state index is 12.1. The van der Waals surface area contributed by atoms with Crippen LogP contribution in [0, 0.1) is 0 Å². The zero-order valence-electron chi connectivity index (χ0n) is 9.37. The van der Waals surface area contributed by atoms with Crippen molar-refractivity contribution in [1.29, 1.82) is 0 Å². The molecule has 2 rings (SSSR count). The molecule has 15 heavy (non-hydrogen) atoms. The largest absolute Gasteiger partial charge is 0.381 e. The molecule has 0 saturated carbocycles. The summed E-state index contributed by atoms with van der Waals surface area (Å²) in [5.41, 5.74) is 0. The first-order valence-corrected chi connectivity index (χ1v) is 5.90. The number of ether oxygens (including phenoxy) is 1. The Balaban J connectivity index is 2.00. The van der Waals surface area contributed by atoms with Crippen LogP contribution in [-0.4, -0.2) is 49.2 Å². The van der Waals surface area contributed by atoms with E-state index in [0.717, 1.165) is 45.6 Å². The molecule has 4 nitrogen and oxygen atoms in total. The molecular formula is C11H20N2O2. The van der Waals surface area contributed by atoms with Crippen LogP contribution < -0.4 is 5.32 Å². The maximum Gasteiger partial charge on any atom is 0.239 e. The van der Waals surface area contributed by atoms with Gasteiger partial charge in [-0.15, -0.1) is 0 Å². The Labute approximate surface area is 91.0 Å². The molecule has 0 aliphatic carbocycles. The van der Waals surface area contributed by atoms with Crippen molar-refractivity contribution in [2.75, 3.05) is 26.3 Å². The molecule has 0 bridgehead atoms. The number of nitrogens with one attached hydrogen (secondary N) is 1. The summed E-state index contributed by atoms with van der Waals surface area (Å²) >= 11 is 0. The van der Waals surface area contributed by atoms with Gasteiger partial charge in [-0.1, -0.05) is 0 Å². The summed E-state index contributed by atoms with van der Waals surface area (Å²) in [6.45, 7) is 5.42. The minimum absolute atomic E-state index is 0.0182. The van der Waals surface area contributed by atoms with E-state index in [2.05, 4.69) is 10.2 Å². The van der Waals surface area contributed by atoms with Crippen LogP contribution in [0.1, 0.15) is 26.2 Å². The van der Waals surface area contributed by atoms with Crippen LogP contribution in [-0.2, 0) is 9.53 Å². The SMILES string of the molecule is CC1NCCCN(C2CCOCC2)C1=O. The van der Waals surface area contributed by atoms with Crippen molar-refractivity contribution < 1.29 is 9.53 Å². The summed E-state index contributed by atoms with van der Waals surface area (Å²) < 4.78 is 5.33. The Morgan fingerprint density at radius 3 is 2.87 bits per heavy atom. The third-order valence-corrected chi connectivity index (χ3v) is 3.31. The van der Waals surface area contributed by atoms with Gasteiger partial charge in [0.25, 0.3) is 0 Å². The topological polar surface area (TPSA) is 41.6 Å². The van der Waals surface area contributed by atoms with Crippen molar-refractivity contribution in [2.45, 2.75) is 38.3 Å². The van der Waals surface area contributed by atoms with Crippen molar-refractivity contribution in [2.24, 2.45) is 0 Å². The normalized spacial score (nSPS) is 30.3. The number of nitrogens with zero attached hydrogens (tertiary/aromatic N) is 1. The van der Waals surface area contributed by atoms with Gasteiger partial charge in [0.05, 0.1) is 6.04 Å². The Kier molecular flexibility index (Phi) is 3.59. The lowest BCUT2D eigenvalue weighted by Gasteiger charge is -2.34. The van der Waals surface area contributed by atoms with Crippen LogP contribution in [0.15, 0.2) is 0 Å². The molecule has 2 aliphatic rings. The first kappa shape index (κ1) is 10.9. The van der Waals surface area contributed by atoms with Gasteiger partial charge in [0.1, 0.15) is 0 Å². The van der Waals surface area contributed by atoms with Crippen molar-refractivity contribution in [3.05, 3.63) is 0 Å². The molecule has 1 amide bonds. The average Bonchev–Trinajstić information content (AvgIpc) is 2.44. The number of carbonyl (C=O) groups is 1. The highest BCUT2D eigenvalue weighted by Crippen LogP contribution is 2.17. The van der Waals surface area contributed by atoms with E-state index in [1.165, 1.54) is 0 Å². The quantitative estimate of drug-likeness (QED) is 0.683. The molecule has 0 spiro atoms. The number of hydrogen-bond donors (Lipinski definition) is 1. The second-order valence-electron chi connectivity index (χ2n) is 4.40. The van der Waals surface area contributed by atoms with Crippen LogP contribution in [0.4, 0.5) is 0 Å². The molecule has 0 aromatic rings. The van der Waals surface area contributed by atoms with E-state index in [4.69, 9.17) is 4.74 Å². The molecular weight excluding hydrogens is 192 g/mol. The fraction of sp³-hybridized carbons (Fsp3) is 0.909. The third-order valence-electron chi connectivity index (χ3n) is 3.31. The second-order valence-corrected chi connectivity index (χ2v) is 4.40. The summed E-state index contributed by atoms with van der Waals surface area (Å²) in [5, 5.41) is 3.24. The van der Waals surface area contributed by atoms with Gasteiger partial charge >= 0.3 is 0 Å². The highest BCUT2D eigenvalue weighted by Gasteiger charge is 2.29. The van der Waals surface area contributed by atoms with Crippen LogP contribution >= 0.6 is 0 Å². The molecule has 1 N–H and O–H groups in total. The van der Waals surface area contributed by atoms with Crippen molar-refractivity contribution in [3.63, 3.8) is 0 Å². The average molecular weight is 212 g/mol. The summed E-state index contributed by atoms with van der Waals surface area (Å²) in [7, 11) is 0. The Morgan fingerprint density at radius 1 is 1.40 bits per heavy atom. The van der Waals surface area contributed by atoms with Gasteiger partial charge in [0.2, 0.25) is 5.91 Å². The lowest BCUT2D eigenvalue weighted by molar-refractivity contribution is -0.136. The predicted molar refractivity (Wildman–Crippen MR) is 57.6 cm³/mol. The van der Waals surface area contributed by atoms with E-state index in [9.17, 15) is 4.79 Å². The van der Waals surface area contributed by atoms with Gasteiger partial charge in [-0.3, -0.25) is 4.79 Å². The van der Waals surface area contributed by atoms with E-state index in [1.54, 1.807) is 0 Å². The number of amides is 1. The van der Waals surface area contributed by atoms with Crippen LogP contribution in [0.5, 0.6) is 0 Å². The summed E-state index contributed by atoms with van der Waals surface area (Å²) in [4.78, 5) is 14.1. The maximum absolute atomic E-state index is 12.1. The van der Waals surface area contributed by atoms with E-state index in [-0.39, 0.29) is 11.9 Å². The molecule has 0 radical (unpaired) electrons. The van der Waals surface area contributed by atoms with Gasteiger partial charge in [0.15, 0.2) is 0 Å². The van der Waals surface area contributed by atoms with Gasteiger partial charge in [0, 0.05) is 25.8 Å². The van der Waals surface area contributed by atoms with Gasteiger partial charge in [-0.2, -0.15) is 0 Å². The van der Waals surface area contributed by atoms with E-state index in [1.807, 2.05) is 6.92 Å². The number of hydrogen-bond acceptors (Lipinski definition) is 3. The van der Waals surface area contributed by atoms with E-state index in [0.29, 0.717) is 6.04 Å². The smallest absolute Gasteiger partial charge is 0.239 e. The Morgan fingerprint density at radius 2 is 2.13 bits per heavy atom. The fourth-order valence-electron chi connectivity index (χ4n) is 2.37. The minimum Gasteiger partial charge on any atom is -0.381 e. The van der Waals surface area contributed by atoms with Crippen LogP contribution in [0.2, 0.25) is 0 Å². The first-order chi connectivity index (χ1) is 7.29. The van der Waals surface area contributed by atoms with Gasteiger partial charge < -0.3 is 15.0 Å². The summed E-state index contributed by atoms with van der Waals surface area (Å²) in [6, 6.07) is 0.393. The van der Waals surface area contributed by atoms with Crippen molar-refractivity contribution in [3.8, 4) is 0 Å². The highest BCUT2D eigenvalue weighted by atomic mass is 16.5. The molecule has 1 unspecified atom stereocenters. The fourth-order valence-corrected chi connectivity index (χ4v) is 2.37. The number of carbonyl (C=O) groups excluding carboxylic acids is 1. The predicted octanol–water partition coefficient (Wildman–Crippen LogP) is 0.376. The Hall–Kier alpha value is -0.610. The Bertz CT molecular complexity index is 227. The highest BCUT2D eigenvalue weighted by molar-refractivity contribution is 5.82. The zero-order chi connectivity index (χ0) is 10.7. The molecule has 86 valence electrons. The monoisotopic (exact) mass is 212 g/mol. The van der Waals surface area contributed by atoms with Crippen LogP contribution in [0.3, 0.4) is 0 Å². The molecule has 2 fully saturated rings. The molecule has 2 heterocycles. The first-order valence-electron chi connectivity index (χ1n) is 5.90. The van der Waals surface area contributed by atoms with Crippen LogP contribution in [0.25, 0.3) is 0 Å². The summed E-state index contributed by atoms with van der Waals surface area (Å²) in [5.74, 6) is 0.263. The minimum atomic E-state index is -0.0182.